The van der Waals surface area contributed by atoms with Crippen LogP contribution in [-0.4, -0.2) is 32.3 Å². The molecule has 2 aromatic heterocycles. The number of hydrogen-bond donors (Lipinski definition) is 0. The topological polar surface area (TPSA) is 26.0 Å². The van der Waals surface area contributed by atoms with Crippen LogP contribution in [-0.2, 0) is 13.1 Å². The van der Waals surface area contributed by atoms with Gasteiger partial charge in [0.2, 0.25) is 0 Å². The van der Waals surface area contributed by atoms with E-state index in [1.807, 2.05) is 0 Å². The molecular formula is C20H26N4. The third-order valence-corrected chi connectivity index (χ3v) is 5.22. The van der Waals surface area contributed by atoms with Crippen molar-refractivity contribution in [2.24, 2.45) is 0 Å². The lowest BCUT2D eigenvalue weighted by molar-refractivity contribution is 0.310. The second kappa shape index (κ2) is 6.10. The molecule has 0 radical (unpaired) electrons. The van der Waals surface area contributed by atoms with Crippen molar-refractivity contribution in [3.63, 3.8) is 0 Å². The molecule has 1 saturated heterocycles. The average Bonchev–Trinajstić information content (AvgIpc) is 3.25. The maximum Gasteiger partial charge on any atom is 0.0661 e. The molecule has 0 amide bonds. The molecule has 4 heteroatoms. The van der Waals surface area contributed by atoms with E-state index in [1.165, 1.54) is 28.6 Å². The summed E-state index contributed by atoms with van der Waals surface area (Å²) in [6.07, 6.45) is 3.37. The number of likely N-dealkylation sites (tertiary alicyclic amines) is 1. The van der Waals surface area contributed by atoms with E-state index < -0.39 is 0 Å². The molecule has 1 unspecified atom stereocenters. The van der Waals surface area contributed by atoms with E-state index in [2.05, 4.69) is 76.5 Å². The van der Waals surface area contributed by atoms with Crippen molar-refractivity contribution in [1.29, 1.82) is 0 Å². The third kappa shape index (κ3) is 2.75. The molecule has 1 atom stereocenters. The van der Waals surface area contributed by atoms with E-state index in [9.17, 15) is 0 Å². The summed E-state index contributed by atoms with van der Waals surface area (Å²) in [6, 6.07) is 11.8. The normalized spacial score (nSPS) is 18.7. The summed E-state index contributed by atoms with van der Waals surface area (Å²) < 4.78 is 4.52. The third-order valence-electron chi connectivity index (χ3n) is 5.22. The van der Waals surface area contributed by atoms with Gasteiger partial charge in [0.15, 0.2) is 0 Å². The zero-order valence-corrected chi connectivity index (χ0v) is 14.9. The fourth-order valence-corrected chi connectivity index (χ4v) is 4.05. The smallest absolute Gasteiger partial charge is 0.0661 e. The van der Waals surface area contributed by atoms with Crippen LogP contribution in [0, 0.1) is 13.8 Å². The van der Waals surface area contributed by atoms with Gasteiger partial charge in [-0.2, -0.15) is 5.10 Å². The first kappa shape index (κ1) is 15.5. The van der Waals surface area contributed by atoms with Gasteiger partial charge < -0.3 is 4.57 Å². The first-order valence-electron chi connectivity index (χ1n) is 8.97. The summed E-state index contributed by atoms with van der Waals surface area (Å²) in [6.45, 7) is 10.7. The first-order valence-corrected chi connectivity index (χ1v) is 8.97. The van der Waals surface area contributed by atoms with Crippen molar-refractivity contribution in [2.45, 2.75) is 46.3 Å². The molecule has 3 aromatic rings. The molecule has 3 heterocycles. The van der Waals surface area contributed by atoms with Gasteiger partial charge in [-0.25, -0.2) is 0 Å². The van der Waals surface area contributed by atoms with Gasteiger partial charge in [-0.1, -0.05) is 6.07 Å². The van der Waals surface area contributed by atoms with Crippen molar-refractivity contribution < 1.29 is 0 Å². The fourth-order valence-electron chi connectivity index (χ4n) is 4.05. The van der Waals surface area contributed by atoms with Gasteiger partial charge >= 0.3 is 0 Å². The Labute approximate surface area is 143 Å². The van der Waals surface area contributed by atoms with Gasteiger partial charge in [0.25, 0.3) is 0 Å². The van der Waals surface area contributed by atoms with Crippen LogP contribution in [0.4, 0.5) is 0 Å². The van der Waals surface area contributed by atoms with E-state index in [0.717, 1.165) is 31.9 Å². The molecule has 0 spiro atoms. The molecule has 1 aliphatic rings. The minimum absolute atomic E-state index is 0.517. The van der Waals surface area contributed by atoms with E-state index in [0.29, 0.717) is 6.04 Å². The average molecular weight is 322 g/mol. The Bertz CT molecular complexity index is 858. The molecule has 126 valence electrons. The molecule has 0 N–H and O–H groups in total. The summed E-state index contributed by atoms with van der Waals surface area (Å²) in [7, 11) is 0. The summed E-state index contributed by atoms with van der Waals surface area (Å²) in [5.74, 6) is 0. The minimum atomic E-state index is 0.517. The number of fused-ring (bicyclic) bond motifs is 1. The highest BCUT2D eigenvalue weighted by molar-refractivity contribution is 5.80. The van der Waals surface area contributed by atoms with Gasteiger partial charge in [0.05, 0.1) is 11.7 Å². The highest BCUT2D eigenvalue weighted by Gasteiger charge is 2.25. The fraction of sp³-hybridized carbons (Fsp3) is 0.450. The molecule has 24 heavy (non-hydrogen) atoms. The van der Waals surface area contributed by atoms with Gasteiger partial charge in [-0.15, -0.1) is 0 Å². The zero-order chi connectivity index (χ0) is 16.7. The quantitative estimate of drug-likeness (QED) is 0.727. The van der Waals surface area contributed by atoms with Crippen LogP contribution < -0.4 is 0 Å². The Hall–Kier alpha value is -2.07. The SMILES string of the molecule is CCn1ccc2cc(CN3CCC(n4nc(C)cc4C)C3)ccc21. The molecule has 1 aromatic carbocycles. The van der Waals surface area contributed by atoms with Gasteiger partial charge in [0, 0.05) is 43.6 Å². The van der Waals surface area contributed by atoms with Crippen molar-refractivity contribution in [1.82, 2.24) is 19.2 Å². The summed E-state index contributed by atoms with van der Waals surface area (Å²) in [5.41, 5.74) is 5.15. The lowest BCUT2D eigenvalue weighted by Gasteiger charge is -2.17. The molecule has 1 fully saturated rings. The lowest BCUT2D eigenvalue weighted by Crippen LogP contribution is -2.22. The number of rotatable bonds is 4. The monoisotopic (exact) mass is 322 g/mol. The molecular weight excluding hydrogens is 296 g/mol. The number of aromatic nitrogens is 3. The number of nitrogens with zero attached hydrogens (tertiary/aromatic N) is 4. The highest BCUT2D eigenvalue weighted by atomic mass is 15.3. The van der Waals surface area contributed by atoms with Crippen LogP contribution in [0.5, 0.6) is 0 Å². The number of aryl methyl sites for hydroxylation is 3. The Balaban J connectivity index is 1.47. The van der Waals surface area contributed by atoms with Crippen LogP contribution in [0.1, 0.15) is 36.3 Å². The Morgan fingerprint density at radius 2 is 2.04 bits per heavy atom. The molecule has 0 aliphatic carbocycles. The van der Waals surface area contributed by atoms with Gasteiger partial charge in [0.1, 0.15) is 0 Å². The van der Waals surface area contributed by atoms with E-state index in [1.54, 1.807) is 0 Å². The molecule has 0 bridgehead atoms. The van der Waals surface area contributed by atoms with Crippen molar-refractivity contribution >= 4 is 10.9 Å². The maximum absolute atomic E-state index is 4.67. The van der Waals surface area contributed by atoms with Crippen LogP contribution in [0.2, 0.25) is 0 Å². The molecule has 4 rings (SSSR count). The Kier molecular flexibility index (Phi) is 3.93. The minimum Gasteiger partial charge on any atom is -0.348 e. The predicted molar refractivity (Wildman–Crippen MR) is 98.2 cm³/mol. The van der Waals surface area contributed by atoms with Crippen LogP contribution >= 0.6 is 0 Å². The Morgan fingerprint density at radius 3 is 2.79 bits per heavy atom. The molecule has 4 nitrogen and oxygen atoms in total. The zero-order valence-electron chi connectivity index (χ0n) is 14.9. The van der Waals surface area contributed by atoms with Crippen LogP contribution in [0.25, 0.3) is 10.9 Å². The maximum atomic E-state index is 4.67. The summed E-state index contributed by atoms with van der Waals surface area (Å²) in [4.78, 5) is 2.55. The first-order chi connectivity index (χ1) is 11.6. The van der Waals surface area contributed by atoms with Crippen LogP contribution in [0.15, 0.2) is 36.5 Å². The van der Waals surface area contributed by atoms with E-state index in [-0.39, 0.29) is 0 Å². The lowest BCUT2D eigenvalue weighted by atomic mass is 10.1. The number of hydrogen-bond acceptors (Lipinski definition) is 2. The summed E-state index contributed by atoms with van der Waals surface area (Å²) >= 11 is 0. The van der Waals surface area contributed by atoms with Crippen molar-refractivity contribution in [3.05, 3.63) is 53.5 Å². The van der Waals surface area contributed by atoms with E-state index >= 15 is 0 Å². The van der Waals surface area contributed by atoms with Crippen molar-refractivity contribution in [3.8, 4) is 0 Å². The highest BCUT2D eigenvalue weighted by Crippen LogP contribution is 2.25. The van der Waals surface area contributed by atoms with Crippen molar-refractivity contribution in [2.75, 3.05) is 13.1 Å². The molecule has 1 aliphatic heterocycles. The van der Waals surface area contributed by atoms with Crippen LogP contribution in [0.3, 0.4) is 0 Å². The second-order valence-corrected chi connectivity index (χ2v) is 7.04. The largest absolute Gasteiger partial charge is 0.348 e. The summed E-state index contributed by atoms with van der Waals surface area (Å²) in [5, 5.41) is 6.02. The van der Waals surface area contributed by atoms with E-state index in [4.69, 9.17) is 0 Å². The Morgan fingerprint density at radius 1 is 1.17 bits per heavy atom. The predicted octanol–water partition coefficient (Wildman–Crippen LogP) is 3.92. The van der Waals surface area contributed by atoms with Gasteiger partial charge in [-0.05, 0) is 62.4 Å². The standard InChI is InChI=1S/C20H26N4/c1-4-23-10-7-18-12-17(5-6-20(18)23)13-22-9-8-19(14-22)24-16(3)11-15(2)21-24/h5-7,10-12,19H,4,8-9,13-14H2,1-3H3. The number of benzene rings is 1. The molecule has 0 saturated carbocycles. The second-order valence-electron chi connectivity index (χ2n) is 7.04. The van der Waals surface area contributed by atoms with Gasteiger partial charge in [-0.3, -0.25) is 9.58 Å².